The van der Waals surface area contributed by atoms with Crippen LogP contribution in [0.5, 0.6) is 0 Å². The minimum absolute atomic E-state index is 0.0292. The lowest BCUT2D eigenvalue weighted by Gasteiger charge is -2.07. The van der Waals surface area contributed by atoms with Gasteiger partial charge in [0.15, 0.2) is 4.77 Å². The number of fused-ring (bicyclic) bond motifs is 1. The maximum atomic E-state index is 13.5. The molecule has 0 spiro atoms. The van der Waals surface area contributed by atoms with Crippen LogP contribution < -0.4 is 0 Å². The van der Waals surface area contributed by atoms with Crippen molar-refractivity contribution >= 4 is 46.5 Å². The predicted octanol–water partition coefficient (Wildman–Crippen LogP) is 5.27. The Balaban J connectivity index is 2.39. The predicted molar refractivity (Wildman–Crippen MR) is 78.4 cm³/mol. The lowest BCUT2D eigenvalue weighted by molar-refractivity contribution is 0.627. The summed E-state index contributed by atoms with van der Waals surface area (Å²) < 4.78 is 28.5. The molecule has 0 aliphatic heterocycles. The third kappa shape index (κ3) is 2.12. The number of imidazole rings is 1. The van der Waals surface area contributed by atoms with Gasteiger partial charge in [-0.25, -0.2) is 8.78 Å². The SMILES string of the molecule is Fc1ccc(-n2c(=S)[nH]c3cc(F)c(Cl)cc32)c(Cl)c1. The number of hydrogen-bond donors (Lipinski definition) is 1. The summed E-state index contributed by atoms with van der Waals surface area (Å²) in [5, 5.41) is 0.168. The van der Waals surface area contributed by atoms with Crippen LogP contribution in [0.4, 0.5) is 8.78 Å². The van der Waals surface area contributed by atoms with Crippen LogP contribution in [0, 0.1) is 16.4 Å². The minimum Gasteiger partial charge on any atom is -0.330 e. The molecule has 3 aromatic rings. The highest BCUT2D eigenvalue weighted by molar-refractivity contribution is 7.71. The first-order valence-electron chi connectivity index (χ1n) is 5.52. The standard InChI is InChI=1S/C13H6Cl2F2N2S/c14-7-4-12-10(5-9(7)17)18-13(20)19(12)11-2-1-6(16)3-8(11)15/h1-5H,(H,18,20). The van der Waals surface area contributed by atoms with Crippen molar-refractivity contribution in [2.75, 3.05) is 0 Å². The molecule has 2 aromatic carbocycles. The van der Waals surface area contributed by atoms with Crippen LogP contribution in [0.1, 0.15) is 0 Å². The number of hydrogen-bond acceptors (Lipinski definition) is 1. The average molecular weight is 331 g/mol. The zero-order valence-corrected chi connectivity index (χ0v) is 12.1. The number of H-pyrrole nitrogens is 1. The molecule has 1 aromatic heterocycles. The van der Waals surface area contributed by atoms with Gasteiger partial charge in [-0.2, -0.15) is 0 Å². The van der Waals surface area contributed by atoms with Crippen LogP contribution in [0.2, 0.25) is 10.0 Å². The van der Waals surface area contributed by atoms with Crippen molar-refractivity contribution in [2.24, 2.45) is 0 Å². The van der Waals surface area contributed by atoms with E-state index >= 15 is 0 Å². The monoisotopic (exact) mass is 330 g/mol. The molecule has 20 heavy (non-hydrogen) atoms. The molecule has 102 valence electrons. The van der Waals surface area contributed by atoms with Crippen molar-refractivity contribution in [3.05, 3.63) is 56.8 Å². The van der Waals surface area contributed by atoms with Gasteiger partial charge in [-0.3, -0.25) is 4.57 Å². The van der Waals surface area contributed by atoms with Crippen LogP contribution >= 0.6 is 35.4 Å². The van der Waals surface area contributed by atoms with E-state index in [1.165, 1.54) is 30.3 Å². The van der Waals surface area contributed by atoms with Gasteiger partial charge in [0, 0.05) is 6.07 Å². The Morgan fingerprint density at radius 1 is 1.05 bits per heavy atom. The second kappa shape index (κ2) is 4.84. The number of nitrogens with one attached hydrogen (secondary N) is 1. The first kappa shape index (κ1) is 13.5. The summed E-state index contributed by atoms with van der Waals surface area (Å²) in [6, 6.07) is 6.65. The molecule has 0 saturated heterocycles. The first-order valence-corrected chi connectivity index (χ1v) is 6.69. The molecule has 3 rings (SSSR count). The van der Waals surface area contributed by atoms with Crippen molar-refractivity contribution in [1.82, 2.24) is 9.55 Å². The Labute approximate surface area is 127 Å². The summed E-state index contributed by atoms with van der Waals surface area (Å²) in [6.07, 6.45) is 0. The molecule has 0 atom stereocenters. The molecule has 1 heterocycles. The second-order valence-corrected chi connectivity index (χ2v) is 5.35. The van der Waals surface area contributed by atoms with Gasteiger partial charge in [-0.05, 0) is 36.5 Å². The van der Waals surface area contributed by atoms with Gasteiger partial charge in [0.25, 0.3) is 0 Å². The number of halogens is 4. The Bertz CT molecular complexity index is 886. The van der Waals surface area contributed by atoms with Crippen molar-refractivity contribution in [3.63, 3.8) is 0 Å². The number of aromatic amines is 1. The highest BCUT2D eigenvalue weighted by Gasteiger charge is 2.13. The Morgan fingerprint density at radius 3 is 2.50 bits per heavy atom. The summed E-state index contributed by atoms with van der Waals surface area (Å²) in [6.45, 7) is 0. The maximum absolute atomic E-state index is 13.5. The summed E-state index contributed by atoms with van der Waals surface area (Å²) in [5.41, 5.74) is 1.54. The van der Waals surface area contributed by atoms with Crippen LogP contribution in [-0.4, -0.2) is 9.55 Å². The van der Waals surface area contributed by atoms with Crippen molar-refractivity contribution in [2.45, 2.75) is 0 Å². The fourth-order valence-corrected chi connectivity index (χ4v) is 2.72. The van der Waals surface area contributed by atoms with E-state index < -0.39 is 11.6 Å². The highest BCUT2D eigenvalue weighted by Crippen LogP contribution is 2.29. The fourth-order valence-electron chi connectivity index (χ4n) is 2.00. The Kier molecular flexibility index (Phi) is 3.28. The van der Waals surface area contributed by atoms with Crippen LogP contribution in [0.3, 0.4) is 0 Å². The Hall–Kier alpha value is -1.43. The lowest BCUT2D eigenvalue weighted by Crippen LogP contribution is -1.96. The van der Waals surface area contributed by atoms with E-state index in [9.17, 15) is 8.78 Å². The normalized spacial score (nSPS) is 11.2. The third-order valence-corrected chi connectivity index (χ3v) is 3.75. The quantitative estimate of drug-likeness (QED) is 0.602. The zero-order chi connectivity index (χ0) is 14.4. The van der Waals surface area contributed by atoms with E-state index in [2.05, 4.69) is 4.98 Å². The largest absolute Gasteiger partial charge is 0.330 e. The van der Waals surface area contributed by atoms with E-state index in [1.807, 2.05) is 0 Å². The number of aromatic nitrogens is 2. The van der Waals surface area contributed by atoms with E-state index in [4.69, 9.17) is 35.4 Å². The number of rotatable bonds is 1. The summed E-state index contributed by atoms with van der Waals surface area (Å²) in [5.74, 6) is -0.998. The van der Waals surface area contributed by atoms with Gasteiger partial charge in [-0.15, -0.1) is 0 Å². The smallest absolute Gasteiger partial charge is 0.182 e. The zero-order valence-electron chi connectivity index (χ0n) is 9.75. The van der Waals surface area contributed by atoms with Crippen LogP contribution in [0.15, 0.2) is 30.3 Å². The number of nitrogens with zero attached hydrogens (tertiary/aromatic N) is 1. The van der Waals surface area contributed by atoms with Gasteiger partial charge in [-0.1, -0.05) is 23.2 Å². The molecule has 0 aliphatic carbocycles. The second-order valence-electron chi connectivity index (χ2n) is 4.14. The molecule has 0 fully saturated rings. The maximum Gasteiger partial charge on any atom is 0.182 e. The molecule has 7 heteroatoms. The molecule has 0 unspecified atom stereocenters. The molecule has 0 saturated carbocycles. The summed E-state index contributed by atoms with van der Waals surface area (Å²) in [7, 11) is 0. The molecular formula is C13H6Cl2F2N2S. The lowest BCUT2D eigenvalue weighted by atomic mass is 10.2. The van der Waals surface area contributed by atoms with Gasteiger partial charge in [0.2, 0.25) is 0 Å². The van der Waals surface area contributed by atoms with E-state index in [-0.39, 0.29) is 10.0 Å². The minimum atomic E-state index is -0.548. The van der Waals surface area contributed by atoms with Crippen molar-refractivity contribution in [3.8, 4) is 5.69 Å². The van der Waals surface area contributed by atoms with Crippen molar-refractivity contribution < 1.29 is 8.78 Å². The van der Waals surface area contributed by atoms with E-state index in [0.29, 0.717) is 21.5 Å². The van der Waals surface area contributed by atoms with Crippen LogP contribution in [0.25, 0.3) is 16.7 Å². The van der Waals surface area contributed by atoms with Crippen molar-refractivity contribution in [1.29, 1.82) is 0 Å². The fraction of sp³-hybridized carbons (Fsp3) is 0. The average Bonchev–Trinajstić information content (AvgIpc) is 2.66. The first-order chi connectivity index (χ1) is 9.47. The molecule has 0 bridgehead atoms. The Morgan fingerprint density at radius 2 is 1.80 bits per heavy atom. The highest BCUT2D eigenvalue weighted by atomic mass is 35.5. The van der Waals surface area contributed by atoms with Crippen LogP contribution in [-0.2, 0) is 0 Å². The molecular weight excluding hydrogens is 325 g/mol. The van der Waals surface area contributed by atoms with Gasteiger partial charge < -0.3 is 4.98 Å². The molecule has 0 amide bonds. The summed E-state index contributed by atoms with van der Waals surface area (Å²) >= 11 is 17.0. The van der Waals surface area contributed by atoms with Gasteiger partial charge in [0.05, 0.1) is 26.8 Å². The molecule has 0 radical (unpaired) electrons. The third-order valence-electron chi connectivity index (χ3n) is 2.87. The number of benzene rings is 2. The molecule has 1 N–H and O–H groups in total. The molecule has 0 aliphatic rings. The summed E-state index contributed by atoms with van der Waals surface area (Å²) in [4.78, 5) is 2.86. The van der Waals surface area contributed by atoms with E-state index in [1.54, 1.807) is 4.57 Å². The molecule has 2 nitrogen and oxygen atoms in total. The topological polar surface area (TPSA) is 20.7 Å². The van der Waals surface area contributed by atoms with Gasteiger partial charge in [0.1, 0.15) is 11.6 Å². The van der Waals surface area contributed by atoms with Gasteiger partial charge >= 0.3 is 0 Å². The van der Waals surface area contributed by atoms with E-state index in [0.717, 1.165) is 0 Å².